The predicted molar refractivity (Wildman–Crippen MR) is 76.0 cm³/mol. The van der Waals surface area contributed by atoms with Crippen LogP contribution in [-0.2, 0) is 0 Å². The first-order valence-electron chi connectivity index (χ1n) is 5.50. The Kier molecular flexibility index (Phi) is 6.65. The highest BCUT2D eigenvalue weighted by molar-refractivity contribution is 5.85. The minimum Gasteiger partial charge on any atom is -0.399 e. The number of benzene rings is 1. The lowest BCUT2D eigenvalue weighted by Gasteiger charge is -2.35. The van der Waals surface area contributed by atoms with Gasteiger partial charge in [-0.25, -0.2) is 4.39 Å². The number of anilines is 2. The summed E-state index contributed by atoms with van der Waals surface area (Å²) in [6.07, 6.45) is 3.53. The van der Waals surface area contributed by atoms with Crippen molar-refractivity contribution in [2.75, 3.05) is 17.2 Å². The topological polar surface area (TPSA) is 29.3 Å². The average Bonchev–Trinajstić information content (AvgIpc) is 2.20. The zero-order chi connectivity index (χ0) is 10.8. The molecule has 1 aliphatic heterocycles. The molecule has 1 fully saturated rings. The number of hydrogen-bond acceptors (Lipinski definition) is 2. The first kappa shape index (κ1) is 16.3. The molecule has 0 aromatic heterocycles. The number of piperidine rings is 1. The van der Waals surface area contributed by atoms with Gasteiger partial charge in [0, 0.05) is 18.3 Å². The number of nitrogens with zero attached hydrogens (tertiary/aromatic N) is 1. The van der Waals surface area contributed by atoms with Crippen molar-refractivity contribution in [1.29, 1.82) is 0 Å². The number of hydrogen-bond donors (Lipinski definition) is 1. The lowest BCUT2D eigenvalue weighted by molar-refractivity contribution is 0.476. The fraction of sp³-hybridized carbons (Fsp3) is 0.500. The average molecular weight is 281 g/mol. The zero-order valence-corrected chi connectivity index (χ0v) is 11.5. The van der Waals surface area contributed by atoms with Crippen molar-refractivity contribution >= 4 is 36.2 Å². The quantitative estimate of drug-likeness (QED) is 0.796. The Morgan fingerprint density at radius 2 is 2.00 bits per heavy atom. The van der Waals surface area contributed by atoms with Gasteiger partial charge in [0.05, 0.1) is 5.69 Å². The standard InChI is InChI=1S/C12H17FN2.2ClH/c1-9-4-2-3-7-15(9)12-6-5-10(14)8-11(12)13;;/h5-6,8-9H,2-4,7,14H2,1H3;2*1H. The van der Waals surface area contributed by atoms with Crippen LogP contribution in [0.25, 0.3) is 0 Å². The summed E-state index contributed by atoms with van der Waals surface area (Å²) in [6, 6.07) is 5.37. The molecule has 5 heteroatoms. The van der Waals surface area contributed by atoms with Crippen molar-refractivity contribution in [3.63, 3.8) is 0 Å². The highest BCUT2D eigenvalue weighted by Gasteiger charge is 2.20. The second kappa shape index (κ2) is 6.92. The van der Waals surface area contributed by atoms with Crippen LogP contribution in [-0.4, -0.2) is 12.6 Å². The monoisotopic (exact) mass is 280 g/mol. The molecular weight excluding hydrogens is 262 g/mol. The van der Waals surface area contributed by atoms with Gasteiger partial charge < -0.3 is 10.6 Å². The van der Waals surface area contributed by atoms with Crippen LogP contribution >= 0.6 is 24.8 Å². The van der Waals surface area contributed by atoms with Crippen LogP contribution in [0.15, 0.2) is 18.2 Å². The molecule has 1 unspecified atom stereocenters. The Bertz CT molecular complexity index is 360. The molecule has 0 bridgehead atoms. The summed E-state index contributed by atoms with van der Waals surface area (Å²) in [5.74, 6) is -0.205. The highest BCUT2D eigenvalue weighted by Crippen LogP contribution is 2.27. The molecule has 17 heavy (non-hydrogen) atoms. The van der Waals surface area contributed by atoms with Gasteiger partial charge in [-0.2, -0.15) is 0 Å². The molecule has 0 radical (unpaired) electrons. The third-order valence-corrected chi connectivity index (χ3v) is 3.08. The van der Waals surface area contributed by atoms with Crippen LogP contribution in [0, 0.1) is 5.82 Å². The Morgan fingerprint density at radius 1 is 1.29 bits per heavy atom. The van der Waals surface area contributed by atoms with Gasteiger partial charge in [-0.3, -0.25) is 0 Å². The first-order chi connectivity index (χ1) is 7.18. The Labute approximate surface area is 114 Å². The number of nitrogens with two attached hydrogens (primary N) is 1. The minimum absolute atomic E-state index is 0. The SMILES string of the molecule is CC1CCCCN1c1ccc(N)cc1F.Cl.Cl. The fourth-order valence-corrected chi connectivity index (χ4v) is 2.21. The third kappa shape index (κ3) is 3.65. The van der Waals surface area contributed by atoms with Gasteiger partial charge >= 0.3 is 0 Å². The molecule has 1 atom stereocenters. The summed E-state index contributed by atoms with van der Waals surface area (Å²) in [5.41, 5.74) is 6.71. The Morgan fingerprint density at radius 3 is 2.59 bits per heavy atom. The van der Waals surface area contributed by atoms with Gasteiger partial charge in [-0.15, -0.1) is 24.8 Å². The van der Waals surface area contributed by atoms with E-state index in [-0.39, 0.29) is 30.6 Å². The normalized spacial score (nSPS) is 19.2. The van der Waals surface area contributed by atoms with E-state index in [1.54, 1.807) is 12.1 Å². The summed E-state index contributed by atoms with van der Waals surface area (Å²) in [6.45, 7) is 3.09. The molecule has 0 spiro atoms. The molecule has 1 aromatic rings. The summed E-state index contributed by atoms with van der Waals surface area (Å²) in [4.78, 5) is 2.14. The van der Waals surface area contributed by atoms with E-state index in [1.165, 1.54) is 12.5 Å². The molecule has 1 aromatic carbocycles. The van der Waals surface area contributed by atoms with E-state index in [4.69, 9.17) is 5.73 Å². The first-order valence-corrected chi connectivity index (χ1v) is 5.50. The van der Waals surface area contributed by atoms with Crippen LogP contribution in [0.1, 0.15) is 26.2 Å². The summed E-state index contributed by atoms with van der Waals surface area (Å²) < 4.78 is 13.7. The third-order valence-electron chi connectivity index (χ3n) is 3.08. The van der Waals surface area contributed by atoms with Crippen molar-refractivity contribution in [1.82, 2.24) is 0 Å². The summed E-state index contributed by atoms with van der Waals surface area (Å²) >= 11 is 0. The van der Waals surface area contributed by atoms with Crippen LogP contribution < -0.4 is 10.6 Å². The van der Waals surface area contributed by atoms with E-state index >= 15 is 0 Å². The predicted octanol–water partition coefficient (Wildman–Crippen LogP) is 3.63. The van der Waals surface area contributed by atoms with Crippen LogP contribution in [0.5, 0.6) is 0 Å². The lowest BCUT2D eigenvalue weighted by atomic mass is 10.0. The van der Waals surface area contributed by atoms with Gasteiger partial charge in [-0.1, -0.05) is 0 Å². The van der Waals surface area contributed by atoms with Crippen LogP contribution in [0.4, 0.5) is 15.8 Å². The van der Waals surface area contributed by atoms with Gasteiger partial charge in [-0.05, 0) is 44.4 Å². The Balaban J connectivity index is 0.00000128. The molecule has 0 saturated carbocycles. The maximum Gasteiger partial charge on any atom is 0.148 e. The van der Waals surface area contributed by atoms with E-state index in [0.717, 1.165) is 19.4 Å². The largest absolute Gasteiger partial charge is 0.399 e. The zero-order valence-electron chi connectivity index (χ0n) is 9.86. The molecule has 2 N–H and O–H groups in total. The molecule has 98 valence electrons. The van der Waals surface area contributed by atoms with Crippen LogP contribution in [0.2, 0.25) is 0 Å². The fourth-order valence-electron chi connectivity index (χ4n) is 2.21. The highest BCUT2D eigenvalue weighted by atomic mass is 35.5. The maximum absolute atomic E-state index is 13.7. The number of nitrogen functional groups attached to an aromatic ring is 1. The molecule has 2 rings (SSSR count). The van der Waals surface area contributed by atoms with E-state index in [2.05, 4.69) is 11.8 Å². The minimum atomic E-state index is -0.205. The lowest BCUT2D eigenvalue weighted by Crippen LogP contribution is -2.37. The smallest absolute Gasteiger partial charge is 0.148 e. The van der Waals surface area contributed by atoms with E-state index in [0.29, 0.717) is 17.4 Å². The molecule has 1 heterocycles. The van der Waals surface area contributed by atoms with Crippen molar-refractivity contribution in [3.8, 4) is 0 Å². The second-order valence-electron chi connectivity index (χ2n) is 4.25. The molecule has 1 saturated heterocycles. The number of rotatable bonds is 1. The molecule has 2 nitrogen and oxygen atoms in total. The second-order valence-corrected chi connectivity index (χ2v) is 4.25. The molecular formula is C12H19Cl2FN2. The van der Waals surface area contributed by atoms with Gasteiger partial charge in [0.1, 0.15) is 5.82 Å². The molecule has 0 aliphatic carbocycles. The summed E-state index contributed by atoms with van der Waals surface area (Å²) in [5, 5.41) is 0. The van der Waals surface area contributed by atoms with Crippen molar-refractivity contribution < 1.29 is 4.39 Å². The van der Waals surface area contributed by atoms with E-state index in [1.807, 2.05) is 0 Å². The van der Waals surface area contributed by atoms with Gasteiger partial charge in [0.15, 0.2) is 0 Å². The van der Waals surface area contributed by atoms with E-state index in [9.17, 15) is 4.39 Å². The molecule has 1 aliphatic rings. The number of halogens is 3. The van der Waals surface area contributed by atoms with Crippen molar-refractivity contribution in [3.05, 3.63) is 24.0 Å². The van der Waals surface area contributed by atoms with Crippen molar-refractivity contribution in [2.24, 2.45) is 0 Å². The van der Waals surface area contributed by atoms with Crippen LogP contribution in [0.3, 0.4) is 0 Å². The van der Waals surface area contributed by atoms with E-state index < -0.39 is 0 Å². The van der Waals surface area contributed by atoms with Gasteiger partial charge in [0.25, 0.3) is 0 Å². The maximum atomic E-state index is 13.7. The molecule has 0 amide bonds. The summed E-state index contributed by atoms with van der Waals surface area (Å²) in [7, 11) is 0. The Hall–Kier alpha value is -0.670. The van der Waals surface area contributed by atoms with Crippen molar-refractivity contribution in [2.45, 2.75) is 32.2 Å². The van der Waals surface area contributed by atoms with Gasteiger partial charge in [0.2, 0.25) is 0 Å².